The molecule has 0 fully saturated rings. The Morgan fingerprint density at radius 3 is 2.33 bits per heavy atom. The van der Waals surface area contributed by atoms with E-state index >= 15 is 0 Å². The van der Waals surface area contributed by atoms with E-state index in [1.165, 1.54) is 5.10 Å². The Labute approximate surface area is 62.6 Å². The van der Waals surface area contributed by atoms with Crippen LogP contribution in [0.25, 0.3) is 0 Å². The SMILES string of the molecule is O=[N+]([O-])c1nc(C(F)(F)F)n[nH]1. The van der Waals surface area contributed by atoms with Crippen molar-refractivity contribution >= 4 is 5.95 Å². The fourth-order valence-corrected chi connectivity index (χ4v) is 0.462. The zero-order chi connectivity index (χ0) is 9.35. The van der Waals surface area contributed by atoms with Crippen LogP contribution in [0.15, 0.2) is 0 Å². The van der Waals surface area contributed by atoms with Gasteiger partial charge in [-0.15, -0.1) is 5.10 Å². The fraction of sp³-hybridized carbons (Fsp3) is 0.333. The molecule has 1 heterocycles. The summed E-state index contributed by atoms with van der Waals surface area (Å²) < 4.78 is 35.1. The van der Waals surface area contributed by atoms with E-state index < -0.39 is 22.9 Å². The molecule has 0 aliphatic carbocycles. The van der Waals surface area contributed by atoms with Crippen LogP contribution in [-0.4, -0.2) is 20.1 Å². The minimum Gasteiger partial charge on any atom is -0.390 e. The highest BCUT2D eigenvalue weighted by molar-refractivity contribution is 5.04. The lowest BCUT2D eigenvalue weighted by Crippen LogP contribution is -2.07. The minimum atomic E-state index is -4.76. The summed E-state index contributed by atoms with van der Waals surface area (Å²) in [7, 11) is 0. The first-order valence-electron chi connectivity index (χ1n) is 2.55. The van der Waals surface area contributed by atoms with E-state index in [9.17, 15) is 23.3 Å². The molecule has 0 bridgehead atoms. The number of nitro groups is 1. The summed E-state index contributed by atoms with van der Waals surface area (Å²) in [6.45, 7) is 0. The molecule has 0 aromatic carbocycles. The van der Waals surface area contributed by atoms with Crippen LogP contribution in [0.2, 0.25) is 0 Å². The number of hydrogen-bond acceptors (Lipinski definition) is 4. The van der Waals surface area contributed by atoms with Gasteiger partial charge in [0.05, 0.1) is 0 Å². The van der Waals surface area contributed by atoms with Gasteiger partial charge in [0, 0.05) is 0 Å². The Balaban J connectivity index is 3.00. The van der Waals surface area contributed by atoms with Crippen LogP contribution < -0.4 is 0 Å². The van der Waals surface area contributed by atoms with Crippen LogP contribution in [0.1, 0.15) is 5.82 Å². The lowest BCUT2D eigenvalue weighted by Gasteiger charge is -1.93. The van der Waals surface area contributed by atoms with Gasteiger partial charge in [-0.1, -0.05) is 5.10 Å². The van der Waals surface area contributed by atoms with Crippen molar-refractivity contribution in [2.24, 2.45) is 0 Å². The maximum absolute atomic E-state index is 11.7. The number of halogens is 3. The summed E-state index contributed by atoms with van der Waals surface area (Å²) in [5.74, 6) is -2.57. The first kappa shape index (κ1) is 8.43. The molecule has 66 valence electrons. The number of H-pyrrole nitrogens is 1. The molecular weight excluding hydrogens is 181 g/mol. The van der Waals surface area contributed by atoms with Gasteiger partial charge in [-0.3, -0.25) is 0 Å². The van der Waals surface area contributed by atoms with Crippen LogP contribution in [-0.2, 0) is 6.18 Å². The first-order valence-corrected chi connectivity index (χ1v) is 2.55. The predicted octanol–water partition coefficient (Wildman–Crippen LogP) is 0.732. The molecule has 0 atom stereocenters. The average molecular weight is 182 g/mol. The Kier molecular flexibility index (Phi) is 1.70. The second-order valence-corrected chi connectivity index (χ2v) is 1.74. The highest BCUT2D eigenvalue weighted by atomic mass is 19.4. The van der Waals surface area contributed by atoms with Crippen molar-refractivity contribution in [3.63, 3.8) is 0 Å². The summed E-state index contributed by atoms with van der Waals surface area (Å²) in [4.78, 5) is 11.3. The Morgan fingerprint density at radius 2 is 2.08 bits per heavy atom. The Morgan fingerprint density at radius 1 is 1.50 bits per heavy atom. The molecule has 0 saturated carbocycles. The van der Waals surface area contributed by atoms with Crippen molar-refractivity contribution in [1.29, 1.82) is 0 Å². The van der Waals surface area contributed by atoms with E-state index in [1.807, 2.05) is 0 Å². The van der Waals surface area contributed by atoms with E-state index in [4.69, 9.17) is 0 Å². The third-order valence-electron chi connectivity index (χ3n) is 0.900. The summed E-state index contributed by atoms with van der Waals surface area (Å²) in [6.07, 6.45) is -4.76. The maximum Gasteiger partial charge on any atom is 0.471 e. The molecule has 0 aliphatic heterocycles. The van der Waals surface area contributed by atoms with E-state index in [-0.39, 0.29) is 0 Å². The zero-order valence-corrected chi connectivity index (χ0v) is 5.29. The van der Waals surface area contributed by atoms with Gasteiger partial charge in [0.1, 0.15) is 0 Å². The van der Waals surface area contributed by atoms with Crippen molar-refractivity contribution < 1.29 is 18.1 Å². The fourth-order valence-electron chi connectivity index (χ4n) is 0.462. The molecule has 0 amide bonds. The normalized spacial score (nSPS) is 11.6. The van der Waals surface area contributed by atoms with E-state index in [2.05, 4.69) is 10.1 Å². The molecule has 0 spiro atoms. The summed E-state index contributed by atoms with van der Waals surface area (Å²) >= 11 is 0. The Bertz CT molecular complexity index is 305. The van der Waals surface area contributed by atoms with Crippen molar-refractivity contribution in [2.45, 2.75) is 6.18 Å². The van der Waals surface area contributed by atoms with Crippen LogP contribution in [0.4, 0.5) is 19.1 Å². The molecular formula is C3HF3N4O2. The third-order valence-corrected chi connectivity index (χ3v) is 0.900. The van der Waals surface area contributed by atoms with Crippen molar-refractivity contribution in [3.8, 4) is 0 Å². The van der Waals surface area contributed by atoms with Crippen LogP contribution in [0.5, 0.6) is 0 Å². The van der Waals surface area contributed by atoms with Gasteiger partial charge < -0.3 is 10.1 Å². The molecule has 0 unspecified atom stereocenters. The standard InChI is InChI=1S/C3HF3N4O2/c4-3(5,6)1-7-2(9-8-1)10(11)12/h(H,7,8,9). The molecule has 1 N–H and O–H groups in total. The molecule has 9 heteroatoms. The number of aromatic amines is 1. The second kappa shape index (κ2) is 2.43. The molecule has 1 rings (SSSR count). The highest BCUT2D eigenvalue weighted by Crippen LogP contribution is 2.26. The van der Waals surface area contributed by atoms with E-state index in [0.717, 1.165) is 0 Å². The first-order chi connectivity index (χ1) is 5.41. The molecule has 0 aliphatic rings. The summed E-state index contributed by atoms with van der Waals surface area (Å²) in [5, 5.41) is 14.0. The van der Waals surface area contributed by atoms with Gasteiger partial charge in [-0.2, -0.15) is 13.2 Å². The number of alkyl halides is 3. The highest BCUT2D eigenvalue weighted by Gasteiger charge is 2.40. The summed E-state index contributed by atoms with van der Waals surface area (Å²) in [5.41, 5.74) is 0. The number of nitrogens with zero attached hydrogens (tertiary/aromatic N) is 3. The number of hydrogen-bond donors (Lipinski definition) is 1. The Hall–Kier alpha value is -1.67. The van der Waals surface area contributed by atoms with Gasteiger partial charge in [0.25, 0.3) is 0 Å². The second-order valence-electron chi connectivity index (χ2n) is 1.74. The number of rotatable bonds is 1. The zero-order valence-electron chi connectivity index (χ0n) is 5.29. The predicted molar refractivity (Wildman–Crippen MR) is 28.0 cm³/mol. The van der Waals surface area contributed by atoms with Crippen molar-refractivity contribution in [1.82, 2.24) is 15.2 Å². The van der Waals surface area contributed by atoms with Gasteiger partial charge in [-0.05, 0) is 9.91 Å². The van der Waals surface area contributed by atoms with Gasteiger partial charge >= 0.3 is 17.9 Å². The molecule has 0 saturated heterocycles. The molecule has 1 aromatic rings. The lowest BCUT2D eigenvalue weighted by molar-refractivity contribution is -0.394. The van der Waals surface area contributed by atoms with Crippen molar-refractivity contribution in [2.75, 3.05) is 0 Å². The maximum atomic E-state index is 11.7. The quantitative estimate of drug-likeness (QED) is 0.512. The molecule has 12 heavy (non-hydrogen) atoms. The van der Waals surface area contributed by atoms with Crippen LogP contribution in [0.3, 0.4) is 0 Å². The molecule has 1 aromatic heterocycles. The van der Waals surface area contributed by atoms with Crippen LogP contribution in [0, 0.1) is 10.1 Å². The van der Waals surface area contributed by atoms with E-state index in [1.54, 1.807) is 0 Å². The van der Waals surface area contributed by atoms with Gasteiger partial charge in [-0.25, -0.2) is 0 Å². The van der Waals surface area contributed by atoms with Crippen molar-refractivity contribution in [3.05, 3.63) is 15.9 Å². The van der Waals surface area contributed by atoms with Gasteiger partial charge in [0.15, 0.2) is 0 Å². The van der Waals surface area contributed by atoms with E-state index in [0.29, 0.717) is 0 Å². The molecule has 0 radical (unpaired) electrons. The number of nitrogens with one attached hydrogen (secondary N) is 1. The lowest BCUT2D eigenvalue weighted by atomic mass is 10.6. The molecule has 6 nitrogen and oxygen atoms in total. The van der Waals surface area contributed by atoms with Crippen LogP contribution >= 0.6 is 0 Å². The smallest absolute Gasteiger partial charge is 0.390 e. The summed E-state index contributed by atoms with van der Waals surface area (Å²) in [6, 6.07) is 0. The topological polar surface area (TPSA) is 84.7 Å². The van der Waals surface area contributed by atoms with Gasteiger partial charge in [0.2, 0.25) is 0 Å². The average Bonchev–Trinajstić information content (AvgIpc) is 2.30. The minimum absolute atomic E-state index is 1.03. The number of aromatic nitrogens is 3. The third kappa shape index (κ3) is 1.49. The monoisotopic (exact) mass is 182 g/mol. The largest absolute Gasteiger partial charge is 0.471 e.